The average Bonchev–Trinajstić information content (AvgIpc) is 3.04. The molecule has 0 spiro atoms. The number of hydrogen-bond acceptors (Lipinski definition) is 2. The Morgan fingerprint density at radius 2 is 2.05 bits per heavy atom. The summed E-state index contributed by atoms with van der Waals surface area (Å²) in [7, 11) is 2.01. The molecule has 2 aromatic rings. The Morgan fingerprint density at radius 3 is 2.79 bits per heavy atom. The minimum absolute atomic E-state index is 0.330. The van der Waals surface area contributed by atoms with E-state index in [0.717, 1.165) is 12.2 Å². The molecule has 0 saturated heterocycles. The third-order valence-electron chi connectivity index (χ3n) is 4.10. The van der Waals surface area contributed by atoms with Gasteiger partial charge in [-0.3, -0.25) is 0 Å². The van der Waals surface area contributed by atoms with Crippen molar-refractivity contribution in [2.75, 3.05) is 7.05 Å². The second kappa shape index (κ2) is 5.22. The van der Waals surface area contributed by atoms with Gasteiger partial charge in [0.2, 0.25) is 0 Å². The zero-order chi connectivity index (χ0) is 13.2. The first kappa shape index (κ1) is 12.5. The van der Waals surface area contributed by atoms with E-state index in [4.69, 9.17) is 4.42 Å². The van der Waals surface area contributed by atoms with Crippen LogP contribution in [0.1, 0.15) is 40.5 Å². The average molecular weight is 255 g/mol. The lowest BCUT2D eigenvalue weighted by molar-refractivity contribution is 0.520. The molecule has 0 amide bonds. The summed E-state index contributed by atoms with van der Waals surface area (Å²) in [5, 5.41) is 3.39. The number of rotatable bonds is 4. The molecule has 0 fully saturated rings. The van der Waals surface area contributed by atoms with Crippen LogP contribution in [0.2, 0.25) is 0 Å². The van der Waals surface area contributed by atoms with Gasteiger partial charge in [0, 0.05) is 11.6 Å². The first-order chi connectivity index (χ1) is 9.26. The minimum atomic E-state index is 0.330. The topological polar surface area (TPSA) is 25.2 Å². The van der Waals surface area contributed by atoms with Crippen molar-refractivity contribution in [3.63, 3.8) is 0 Å². The fraction of sp³-hybridized carbons (Fsp3) is 0.412. The molecule has 0 radical (unpaired) electrons. The molecule has 1 aliphatic rings. The zero-order valence-electron chi connectivity index (χ0n) is 11.7. The summed E-state index contributed by atoms with van der Waals surface area (Å²) >= 11 is 0. The number of fused-ring (bicyclic) bond motifs is 1. The van der Waals surface area contributed by atoms with E-state index >= 15 is 0 Å². The van der Waals surface area contributed by atoms with E-state index in [9.17, 15) is 0 Å². The van der Waals surface area contributed by atoms with E-state index < -0.39 is 0 Å². The highest BCUT2D eigenvalue weighted by Crippen LogP contribution is 2.26. The van der Waals surface area contributed by atoms with Gasteiger partial charge in [0.1, 0.15) is 5.76 Å². The lowest BCUT2D eigenvalue weighted by Gasteiger charge is -2.15. The molecule has 3 rings (SSSR count). The van der Waals surface area contributed by atoms with Crippen LogP contribution in [0.4, 0.5) is 0 Å². The second-order valence-electron chi connectivity index (χ2n) is 5.49. The largest absolute Gasteiger partial charge is 0.469 e. The Hall–Kier alpha value is -1.54. The third kappa shape index (κ3) is 2.59. The molecule has 1 unspecified atom stereocenters. The first-order valence-electron chi connectivity index (χ1n) is 7.09. The second-order valence-corrected chi connectivity index (χ2v) is 5.49. The monoisotopic (exact) mass is 255 g/mol. The fourth-order valence-corrected chi connectivity index (χ4v) is 3.02. The Labute approximate surface area is 114 Å². The molecule has 1 aliphatic carbocycles. The van der Waals surface area contributed by atoms with E-state index in [1.54, 1.807) is 11.1 Å². The van der Waals surface area contributed by atoms with Crippen molar-refractivity contribution >= 4 is 0 Å². The summed E-state index contributed by atoms with van der Waals surface area (Å²) in [6.07, 6.45) is 6.70. The van der Waals surface area contributed by atoms with E-state index in [0.29, 0.717) is 6.04 Å². The zero-order valence-corrected chi connectivity index (χ0v) is 11.7. The number of likely N-dealkylation sites (N-methyl/N-ethyl adjacent to an activating group) is 1. The Bertz CT molecular complexity index is 570. The maximum absolute atomic E-state index is 5.42. The normalized spacial score (nSPS) is 15.5. The smallest absolute Gasteiger partial charge is 0.101 e. The van der Waals surface area contributed by atoms with Crippen molar-refractivity contribution in [2.24, 2.45) is 0 Å². The summed E-state index contributed by atoms with van der Waals surface area (Å²) < 4.78 is 5.42. The van der Waals surface area contributed by atoms with Crippen LogP contribution in [0.25, 0.3) is 0 Å². The molecular weight excluding hydrogens is 234 g/mol. The molecule has 1 atom stereocenters. The predicted molar refractivity (Wildman–Crippen MR) is 77.4 cm³/mol. The van der Waals surface area contributed by atoms with Gasteiger partial charge in [-0.25, -0.2) is 0 Å². The molecule has 1 heterocycles. The van der Waals surface area contributed by atoms with E-state index in [-0.39, 0.29) is 0 Å². The molecule has 0 bridgehead atoms. The number of aryl methyl sites for hydroxylation is 3. The molecule has 100 valence electrons. The Kier molecular flexibility index (Phi) is 3.43. The molecular formula is C17H21NO. The van der Waals surface area contributed by atoms with Crippen LogP contribution < -0.4 is 5.32 Å². The van der Waals surface area contributed by atoms with Gasteiger partial charge in [0.05, 0.1) is 6.26 Å². The highest BCUT2D eigenvalue weighted by molar-refractivity contribution is 5.36. The lowest BCUT2D eigenvalue weighted by atomic mass is 9.98. The van der Waals surface area contributed by atoms with E-state index in [1.807, 2.05) is 20.2 Å². The number of hydrogen-bond donors (Lipinski definition) is 1. The van der Waals surface area contributed by atoms with Crippen molar-refractivity contribution in [3.05, 3.63) is 58.5 Å². The maximum Gasteiger partial charge on any atom is 0.101 e. The molecule has 0 saturated carbocycles. The van der Waals surface area contributed by atoms with Crippen LogP contribution >= 0.6 is 0 Å². The quantitative estimate of drug-likeness (QED) is 0.903. The summed E-state index contributed by atoms with van der Waals surface area (Å²) in [4.78, 5) is 0. The van der Waals surface area contributed by atoms with Gasteiger partial charge in [0.15, 0.2) is 0 Å². The van der Waals surface area contributed by atoms with Crippen LogP contribution in [-0.4, -0.2) is 7.05 Å². The highest BCUT2D eigenvalue weighted by atomic mass is 16.3. The van der Waals surface area contributed by atoms with Gasteiger partial charge < -0.3 is 9.73 Å². The van der Waals surface area contributed by atoms with E-state index in [2.05, 4.69) is 29.6 Å². The van der Waals surface area contributed by atoms with Gasteiger partial charge in [-0.2, -0.15) is 0 Å². The summed E-state index contributed by atoms with van der Waals surface area (Å²) in [6, 6.07) is 9.43. The van der Waals surface area contributed by atoms with Crippen molar-refractivity contribution in [2.45, 2.75) is 38.6 Å². The third-order valence-corrected chi connectivity index (χ3v) is 4.10. The number of nitrogens with one attached hydrogen (secondary N) is 1. The van der Waals surface area contributed by atoms with E-state index in [1.165, 1.54) is 30.4 Å². The number of furan rings is 1. The molecule has 0 aliphatic heterocycles. The summed E-state index contributed by atoms with van der Waals surface area (Å²) in [5.74, 6) is 0.976. The van der Waals surface area contributed by atoms with Gasteiger partial charge in [-0.05, 0) is 62.4 Å². The standard InChI is InChI=1S/C17H21NO/c1-12-8-16(11-19-12)17(18-2)10-13-6-7-14-4-3-5-15(14)9-13/h6-9,11,17-18H,3-5,10H2,1-2H3. The number of benzene rings is 1. The molecule has 1 N–H and O–H groups in total. The maximum atomic E-state index is 5.42. The van der Waals surface area contributed by atoms with Crippen LogP contribution in [0.15, 0.2) is 34.9 Å². The fourth-order valence-electron chi connectivity index (χ4n) is 3.02. The lowest BCUT2D eigenvalue weighted by Crippen LogP contribution is -2.18. The molecule has 19 heavy (non-hydrogen) atoms. The highest BCUT2D eigenvalue weighted by Gasteiger charge is 2.15. The van der Waals surface area contributed by atoms with Gasteiger partial charge in [-0.1, -0.05) is 18.2 Å². The van der Waals surface area contributed by atoms with Gasteiger partial charge in [-0.15, -0.1) is 0 Å². The molecule has 1 aromatic heterocycles. The van der Waals surface area contributed by atoms with Crippen molar-refractivity contribution in [1.82, 2.24) is 5.32 Å². The van der Waals surface area contributed by atoms with Crippen molar-refractivity contribution in [3.8, 4) is 0 Å². The SMILES string of the molecule is CNC(Cc1ccc2c(c1)CCC2)c1coc(C)c1. The van der Waals surface area contributed by atoms with Crippen molar-refractivity contribution < 1.29 is 4.42 Å². The van der Waals surface area contributed by atoms with Gasteiger partial charge >= 0.3 is 0 Å². The molecule has 2 heteroatoms. The molecule has 1 aromatic carbocycles. The Balaban J connectivity index is 1.79. The van der Waals surface area contributed by atoms with Crippen molar-refractivity contribution in [1.29, 1.82) is 0 Å². The minimum Gasteiger partial charge on any atom is -0.469 e. The van der Waals surface area contributed by atoms with Crippen LogP contribution in [0.3, 0.4) is 0 Å². The van der Waals surface area contributed by atoms with Gasteiger partial charge in [0.25, 0.3) is 0 Å². The summed E-state index contributed by atoms with van der Waals surface area (Å²) in [5.41, 5.74) is 5.75. The van der Waals surface area contributed by atoms with Crippen LogP contribution in [-0.2, 0) is 19.3 Å². The first-order valence-corrected chi connectivity index (χ1v) is 7.09. The van der Waals surface area contributed by atoms with Crippen LogP contribution in [0.5, 0.6) is 0 Å². The summed E-state index contributed by atoms with van der Waals surface area (Å²) in [6.45, 7) is 1.99. The predicted octanol–water partition coefficient (Wildman–Crippen LogP) is 3.58. The Morgan fingerprint density at radius 1 is 1.21 bits per heavy atom. The molecule has 2 nitrogen and oxygen atoms in total. The van der Waals surface area contributed by atoms with Crippen LogP contribution in [0, 0.1) is 6.92 Å².